The van der Waals surface area contributed by atoms with Gasteiger partial charge in [-0.25, -0.2) is 0 Å². The van der Waals surface area contributed by atoms with Crippen LogP contribution < -0.4 is 0 Å². The Balaban J connectivity index is 2.89. The highest BCUT2D eigenvalue weighted by Gasteiger charge is 2.23. The summed E-state index contributed by atoms with van der Waals surface area (Å²) in [5.74, 6) is 2.59. The van der Waals surface area contributed by atoms with E-state index in [9.17, 15) is 0 Å². The van der Waals surface area contributed by atoms with E-state index >= 15 is 0 Å². The van der Waals surface area contributed by atoms with Crippen LogP contribution in [-0.4, -0.2) is 18.4 Å². The van der Waals surface area contributed by atoms with Gasteiger partial charge >= 0.3 is 0 Å². The predicted octanol–water partition coefficient (Wildman–Crippen LogP) is 2.08. The number of allylic oxidation sites excluding steroid dienone is 1. The molecule has 0 saturated carbocycles. The van der Waals surface area contributed by atoms with Crippen LogP contribution in [0.1, 0.15) is 0 Å². The molecule has 0 amide bonds. The third-order valence-corrected chi connectivity index (χ3v) is 7.13. The molecule has 1 unspecified atom stereocenters. The zero-order valence-corrected chi connectivity index (χ0v) is 8.39. The second-order valence-electron chi connectivity index (χ2n) is 2.11. The van der Waals surface area contributed by atoms with Gasteiger partial charge in [0.15, 0.2) is 0 Å². The molecule has 1 aliphatic rings. The van der Waals surface area contributed by atoms with Crippen LogP contribution in [0.5, 0.6) is 0 Å². The first kappa shape index (κ1) is 8.20. The third-order valence-electron chi connectivity index (χ3n) is 1.29. The van der Waals surface area contributed by atoms with Crippen molar-refractivity contribution in [3.05, 3.63) is 11.1 Å². The van der Waals surface area contributed by atoms with Crippen molar-refractivity contribution in [3.8, 4) is 12.3 Å². The molecule has 54 valence electrons. The summed E-state index contributed by atoms with van der Waals surface area (Å²) >= 11 is 6.98. The molecule has 0 fully saturated rings. The van der Waals surface area contributed by atoms with Crippen molar-refractivity contribution in [1.29, 1.82) is 0 Å². The lowest BCUT2D eigenvalue weighted by Gasteiger charge is -2.18. The molecule has 0 radical (unpaired) electrons. The highest BCUT2D eigenvalue weighted by Crippen LogP contribution is 2.65. The van der Waals surface area contributed by atoms with E-state index in [0.29, 0.717) is 0 Å². The zero-order chi connectivity index (χ0) is 7.78. The van der Waals surface area contributed by atoms with Crippen LogP contribution in [-0.2, 0) is 11.8 Å². The van der Waals surface area contributed by atoms with Gasteiger partial charge in [0.05, 0.1) is 10.3 Å². The van der Waals surface area contributed by atoms with Crippen LogP contribution in [0.25, 0.3) is 0 Å². The molecule has 1 nitrogen and oxygen atoms in total. The van der Waals surface area contributed by atoms with Gasteiger partial charge in [-0.2, -0.15) is 0 Å². The van der Waals surface area contributed by atoms with E-state index in [0.717, 1.165) is 4.91 Å². The van der Waals surface area contributed by atoms with Crippen molar-refractivity contribution in [3.63, 3.8) is 0 Å². The van der Waals surface area contributed by atoms with Gasteiger partial charge in [-0.3, -0.25) is 0 Å². The fraction of sp³-hybridized carbons (Fsp3) is 0.333. The summed E-state index contributed by atoms with van der Waals surface area (Å²) in [6.45, 7) is 2.08. The molecule has 0 aromatic rings. The Morgan fingerprint density at radius 1 is 1.90 bits per heavy atom. The lowest BCUT2D eigenvalue weighted by molar-refractivity contribution is 0.764. The first-order valence-electron chi connectivity index (χ1n) is 2.75. The molecule has 0 saturated heterocycles. The highest BCUT2D eigenvalue weighted by molar-refractivity contribution is 8.71. The summed E-state index contributed by atoms with van der Waals surface area (Å²) in [5, 5.41) is -1.36. The van der Waals surface area contributed by atoms with Crippen LogP contribution in [0.15, 0.2) is 11.1 Å². The molecule has 0 bridgehead atoms. The molecular weight excluding hydrogens is 181 g/mol. The third kappa shape index (κ3) is 1.40. The second kappa shape index (κ2) is 2.62. The summed E-state index contributed by atoms with van der Waals surface area (Å²) in [7, 11) is 1.98. The van der Waals surface area contributed by atoms with Gasteiger partial charge in [0.2, 0.25) is 0 Å². The highest BCUT2D eigenvalue weighted by atomic mass is 32.9. The van der Waals surface area contributed by atoms with Crippen LogP contribution >= 0.6 is 16.8 Å². The van der Waals surface area contributed by atoms with Gasteiger partial charge in [-0.1, -0.05) is 29.1 Å². The maximum Gasteiger partial charge on any atom is 0.0906 e. The van der Waals surface area contributed by atoms with Gasteiger partial charge in [0.1, 0.15) is 0 Å². The van der Waals surface area contributed by atoms with Gasteiger partial charge < -0.3 is 4.67 Å². The maximum absolute atomic E-state index is 5.33. The van der Waals surface area contributed by atoms with Crippen LogP contribution in [0.3, 0.4) is 0 Å². The average Bonchev–Trinajstić information content (AvgIpc) is 2.08. The van der Waals surface area contributed by atoms with Gasteiger partial charge in [0.25, 0.3) is 0 Å². The normalized spacial score (nSPS) is 31.7. The molecule has 10 heavy (non-hydrogen) atoms. The van der Waals surface area contributed by atoms with Crippen molar-refractivity contribution in [2.24, 2.45) is 0 Å². The molecular formula is C6H8NPS2. The standard InChI is InChI=1S/C6H8NPS2/c1-4-6-5-7(2)8(3,9)10-6/h1,5H,2-3H3. The van der Waals surface area contributed by atoms with Crippen LogP contribution in [0.2, 0.25) is 0 Å². The summed E-state index contributed by atoms with van der Waals surface area (Å²) < 4.78 is 2.06. The minimum absolute atomic E-state index is 0.966. The number of rotatable bonds is 0. The van der Waals surface area contributed by atoms with Crippen LogP contribution in [0, 0.1) is 12.3 Å². The van der Waals surface area contributed by atoms with E-state index in [1.807, 2.05) is 13.2 Å². The predicted molar refractivity (Wildman–Crippen MR) is 52.5 cm³/mol. The number of terminal acetylenes is 1. The van der Waals surface area contributed by atoms with E-state index in [4.69, 9.17) is 18.2 Å². The Hall–Kier alpha value is 0.1000. The summed E-state index contributed by atoms with van der Waals surface area (Å²) in [6.07, 6.45) is 7.17. The minimum Gasteiger partial charge on any atom is -0.344 e. The molecule has 0 aliphatic carbocycles. The van der Waals surface area contributed by atoms with Crippen molar-refractivity contribution >= 4 is 28.6 Å². The summed E-state index contributed by atoms with van der Waals surface area (Å²) in [4.78, 5) is 0.966. The van der Waals surface area contributed by atoms with E-state index in [-0.39, 0.29) is 0 Å². The molecule has 0 N–H and O–H groups in total. The first-order valence-corrected chi connectivity index (χ1v) is 7.37. The van der Waals surface area contributed by atoms with E-state index in [1.54, 1.807) is 11.4 Å². The smallest absolute Gasteiger partial charge is 0.0906 e. The Kier molecular flexibility index (Phi) is 2.15. The summed E-state index contributed by atoms with van der Waals surface area (Å²) in [6, 6.07) is 0. The maximum atomic E-state index is 5.33. The van der Waals surface area contributed by atoms with E-state index in [1.165, 1.54) is 0 Å². The van der Waals surface area contributed by atoms with Crippen molar-refractivity contribution in [2.75, 3.05) is 13.7 Å². The number of nitrogens with zero attached hydrogens (tertiary/aromatic N) is 1. The Morgan fingerprint density at radius 2 is 2.50 bits per heavy atom. The Labute approximate surface area is 70.7 Å². The Bertz CT molecular complexity index is 263. The lowest BCUT2D eigenvalue weighted by Crippen LogP contribution is -1.97. The van der Waals surface area contributed by atoms with Crippen molar-refractivity contribution in [2.45, 2.75) is 0 Å². The number of hydrogen-bond acceptors (Lipinski definition) is 2. The topological polar surface area (TPSA) is 3.24 Å². The number of hydrogen-bond donors (Lipinski definition) is 0. The molecule has 1 rings (SSSR count). The average molecular weight is 189 g/mol. The molecule has 0 aromatic carbocycles. The molecule has 1 atom stereocenters. The van der Waals surface area contributed by atoms with Crippen molar-refractivity contribution < 1.29 is 0 Å². The van der Waals surface area contributed by atoms with Gasteiger partial charge in [-0.15, -0.1) is 6.42 Å². The van der Waals surface area contributed by atoms with E-state index in [2.05, 4.69) is 17.3 Å². The molecule has 1 heterocycles. The quantitative estimate of drug-likeness (QED) is 0.424. The van der Waals surface area contributed by atoms with Crippen molar-refractivity contribution in [1.82, 2.24) is 4.67 Å². The fourth-order valence-corrected chi connectivity index (χ4v) is 4.55. The van der Waals surface area contributed by atoms with E-state index < -0.39 is 5.39 Å². The molecule has 0 spiro atoms. The second-order valence-corrected chi connectivity index (χ2v) is 10.5. The zero-order valence-electron chi connectivity index (χ0n) is 5.87. The van der Waals surface area contributed by atoms with Gasteiger partial charge in [0, 0.05) is 13.2 Å². The fourth-order valence-electron chi connectivity index (χ4n) is 0.609. The summed E-state index contributed by atoms with van der Waals surface area (Å²) in [5.41, 5.74) is 0. The lowest BCUT2D eigenvalue weighted by atomic mass is 10.6. The first-order chi connectivity index (χ1) is 4.56. The molecule has 4 heteroatoms. The largest absolute Gasteiger partial charge is 0.344 e. The van der Waals surface area contributed by atoms with Crippen LogP contribution in [0.4, 0.5) is 0 Å². The van der Waals surface area contributed by atoms with Gasteiger partial charge in [-0.05, 0) is 6.66 Å². The monoisotopic (exact) mass is 189 g/mol. The molecule has 1 aliphatic heterocycles. The SMILES string of the molecule is C#CC1=CN(C)P(C)(=S)S1. The Morgan fingerprint density at radius 3 is 2.70 bits per heavy atom. The molecule has 0 aromatic heterocycles. The minimum atomic E-state index is -1.36.